The average molecular weight is 413 g/mol. The van der Waals surface area contributed by atoms with Gasteiger partial charge in [0, 0.05) is 17.4 Å². The first kappa shape index (κ1) is 18.6. The highest BCUT2D eigenvalue weighted by Crippen LogP contribution is 2.37. The molecular formula is C20H17ClN4O2S. The summed E-state index contributed by atoms with van der Waals surface area (Å²) in [6.07, 6.45) is 1.20. The van der Waals surface area contributed by atoms with Gasteiger partial charge in [-0.25, -0.2) is 13.1 Å². The van der Waals surface area contributed by atoms with Crippen LogP contribution in [0.3, 0.4) is 0 Å². The van der Waals surface area contributed by atoms with Gasteiger partial charge in [-0.2, -0.15) is 5.10 Å². The van der Waals surface area contributed by atoms with Crippen molar-refractivity contribution in [1.29, 1.82) is 0 Å². The molecule has 2 heterocycles. The Balaban J connectivity index is 1.95. The number of hydrogen-bond acceptors (Lipinski definition) is 5. The van der Waals surface area contributed by atoms with Crippen LogP contribution in [0.2, 0.25) is 5.02 Å². The lowest BCUT2D eigenvalue weighted by Crippen LogP contribution is -2.12. The van der Waals surface area contributed by atoms with Crippen LogP contribution in [-0.4, -0.2) is 40.4 Å². The minimum atomic E-state index is -3.15. The van der Waals surface area contributed by atoms with Crippen LogP contribution in [-0.2, 0) is 16.4 Å². The van der Waals surface area contributed by atoms with Crippen LogP contribution in [0.4, 0.5) is 0 Å². The van der Waals surface area contributed by atoms with Crippen molar-refractivity contribution in [2.75, 3.05) is 12.0 Å². The van der Waals surface area contributed by atoms with E-state index in [1.165, 1.54) is 6.26 Å². The van der Waals surface area contributed by atoms with Gasteiger partial charge >= 0.3 is 0 Å². The molecule has 142 valence electrons. The van der Waals surface area contributed by atoms with E-state index >= 15 is 0 Å². The highest BCUT2D eigenvalue weighted by atomic mass is 35.5. The first-order valence-electron chi connectivity index (χ1n) is 8.65. The number of rotatable bonds is 5. The Kier molecular flexibility index (Phi) is 4.87. The molecule has 0 N–H and O–H groups in total. The number of halogens is 1. The van der Waals surface area contributed by atoms with Gasteiger partial charge in [0.25, 0.3) is 0 Å². The Hall–Kier alpha value is -2.77. The van der Waals surface area contributed by atoms with Gasteiger partial charge in [0.05, 0.1) is 22.7 Å². The number of fused-ring (bicyclic) bond motifs is 1. The summed E-state index contributed by atoms with van der Waals surface area (Å²) in [5.41, 5.74) is 3.41. The standard InChI is InChI=1S/C20H17ClN4O2S/c1-28(26,27)13-12-25-20-16(18(24-25)14-8-4-2-5-9-14)17(21)19(22-23-20)15-10-6-3-7-11-15/h2-11H,12-13H2,1H3. The fourth-order valence-electron chi connectivity index (χ4n) is 3.00. The third-order valence-corrected chi connectivity index (χ3v) is 5.66. The molecule has 28 heavy (non-hydrogen) atoms. The van der Waals surface area contributed by atoms with E-state index in [1.807, 2.05) is 60.7 Å². The third kappa shape index (κ3) is 3.63. The molecule has 6 nitrogen and oxygen atoms in total. The van der Waals surface area contributed by atoms with Crippen LogP contribution in [0.15, 0.2) is 60.7 Å². The zero-order chi connectivity index (χ0) is 19.7. The lowest BCUT2D eigenvalue weighted by atomic mass is 10.1. The Labute approximate surface area is 167 Å². The normalized spacial score (nSPS) is 11.8. The second-order valence-corrected chi connectivity index (χ2v) is 9.13. The molecule has 0 saturated carbocycles. The first-order valence-corrected chi connectivity index (χ1v) is 11.1. The van der Waals surface area contributed by atoms with Crippen LogP contribution < -0.4 is 0 Å². The van der Waals surface area contributed by atoms with Gasteiger partial charge in [-0.15, -0.1) is 10.2 Å². The summed E-state index contributed by atoms with van der Waals surface area (Å²) in [6, 6.07) is 19.2. The van der Waals surface area contributed by atoms with Crippen molar-refractivity contribution in [3.8, 4) is 22.5 Å². The smallest absolute Gasteiger partial charge is 0.182 e. The molecule has 2 aromatic heterocycles. The van der Waals surface area contributed by atoms with Gasteiger partial charge < -0.3 is 0 Å². The molecule has 2 aromatic carbocycles. The van der Waals surface area contributed by atoms with Crippen LogP contribution in [0.5, 0.6) is 0 Å². The summed E-state index contributed by atoms with van der Waals surface area (Å²) in [5.74, 6) is -0.0439. The molecule has 0 aliphatic heterocycles. The van der Waals surface area contributed by atoms with Crippen LogP contribution in [0, 0.1) is 0 Å². The van der Waals surface area contributed by atoms with Crippen LogP contribution >= 0.6 is 11.6 Å². The Bertz CT molecular complexity index is 1240. The Morgan fingerprint density at radius 2 is 1.46 bits per heavy atom. The maximum Gasteiger partial charge on any atom is 0.182 e. The van der Waals surface area contributed by atoms with Crippen molar-refractivity contribution < 1.29 is 8.42 Å². The molecule has 0 bridgehead atoms. The zero-order valence-corrected chi connectivity index (χ0v) is 16.7. The zero-order valence-electron chi connectivity index (χ0n) is 15.1. The third-order valence-electron chi connectivity index (χ3n) is 4.37. The molecule has 0 saturated heterocycles. The van der Waals surface area contributed by atoms with E-state index in [9.17, 15) is 8.42 Å². The average Bonchev–Trinajstić information content (AvgIpc) is 3.07. The maximum atomic E-state index is 11.6. The largest absolute Gasteiger partial charge is 0.244 e. The fourth-order valence-corrected chi connectivity index (χ4v) is 3.83. The monoisotopic (exact) mass is 412 g/mol. The number of nitrogens with zero attached hydrogens (tertiary/aromatic N) is 4. The molecular weight excluding hydrogens is 396 g/mol. The van der Waals surface area contributed by atoms with E-state index in [-0.39, 0.29) is 12.3 Å². The maximum absolute atomic E-state index is 11.6. The SMILES string of the molecule is CS(=O)(=O)CCn1nc(-c2ccccc2)c2c(Cl)c(-c3ccccc3)nnc21. The fraction of sp³-hybridized carbons (Fsp3) is 0.150. The molecule has 4 aromatic rings. The molecule has 0 unspecified atom stereocenters. The van der Waals surface area contributed by atoms with Gasteiger partial charge in [0.2, 0.25) is 0 Å². The first-order chi connectivity index (χ1) is 13.4. The van der Waals surface area contributed by atoms with E-state index in [0.29, 0.717) is 27.4 Å². The molecule has 4 rings (SSSR count). The molecule has 0 radical (unpaired) electrons. The molecule has 0 fully saturated rings. The van der Waals surface area contributed by atoms with Crippen LogP contribution in [0.25, 0.3) is 33.5 Å². The van der Waals surface area contributed by atoms with Crippen molar-refractivity contribution in [2.24, 2.45) is 0 Å². The molecule has 0 atom stereocenters. The predicted octanol–water partition coefficient (Wildman–Crippen LogP) is 3.86. The van der Waals surface area contributed by atoms with Crippen molar-refractivity contribution in [3.05, 3.63) is 65.7 Å². The van der Waals surface area contributed by atoms with Gasteiger partial charge in [0.15, 0.2) is 5.65 Å². The molecule has 0 aliphatic rings. The number of aryl methyl sites for hydroxylation is 1. The van der Waals surface area contributed by atoms with Gasteiger partial charge in [-0.1, -0.05) is 72.3 Å². The number of sulfone groups is 1. The Morgan fingerprint density at radius 3 is 2.04 bits per heavy atom. The van der Waals surface area contributed by atoms with E-state index < -0.39 is 9.84 Å². The summed E-state index contributed by atoms with van der Waals surface area (Å²) < 4.78 is 24.8. The van der Waals surface area contributed by atoms with E-state index in [4.69, 9.17) is 11.6 Å². The second-order valence-electron chi connectivity index (χ2n) is 6.49. The second kappa shape index (κ2) is 7.33. The predicted molar refractivity (Wildman–Crippen MR) is 111 cm³/mol. The van der Waals surface area contributed by atoms with Crippen LogP contribution in [0.1, 0.15) is 0 Å². The Morgan fingerprint density at radius 1 is 0.893 bits per heavy atom. The lowest BCUT2D eigenvalue weighted by Gasteiger charge is -2.05. The summed E-state index contributed by atoms with van der Waals surface area (Å²) in [7, 11) is -3.15. The van der Waals surface area contributed by atoms with Crippen molar-refractivity contribution in [2.45, 2.75) is 6.54 Å². The summed E-state index contributed by atoms with van der Waals surface area (Å²) in [5, 5.41) is 14.4. The molecule has 0 spiro atoms. The highest BCUT2D eigenvalue weighted by molar-refractivity contribution is 7.90. The molecule has 0 amide bonds. The number of aromatic nitrogens is 4. The molecule has 0 aliphatic carbocycles. The summed E-state index contributed by atoms with van der Waals surface area (Å²) >= 11 is 6.76. The minimum absolute atomic E-state index is 0.0439. The number of benzene rings is 2. The highest BCUT2D eigenvalue weighted by Gasteiger charge is 2.21. The van der Waals surface area contributed by atoms with Gasteiger partial charge in [-0.3, -0.25) is 0 Å². The summed E-state index contributed by atoms with van der Waals surface area (Å²) in [6.45, 7) is 0.178. The van der Waals surface area contributed by atoms with E-state index in [0.717, 1.165) is 11.1 Å². The van der Waals surface area contributed by atoms with Crippen molar-refractivity contribution >= 4 is 32.5 Å². The lowest BCUT2D eigenvalue weighted by molar-refractivity contribution is 0.588. The molecule has 8 heteroatoms. The minimum Gasteiger partial charge on any atom is -0.244 e. The quantitative estimate of drug-likeness (QED) is 0.497. The van der Waals surface area contributed by atoms with Crippen molar-refractivity contribution in [3.63, 3.8) is 0 Å². The van der Waals surface area contributed by atoms with Gasteiger partial charge in [-0.05, 0) is 0 Å². The topological polar surface area (TPSA) is 77.7 Å². The van der Waals surface area contributed by atoms with E-state index in [1.54, 1.807) is 4.68 Å². The van der Waals surface area contributed by atoms with E-state index in [2.05, 4.69) is 15.3 Å². The van der Waals surface area contributed by atoms with Gasteiger partial charge in [0.1, 0.15) is 21.2 Å². The van der Waals surface area contributed by atoms with Crippen molar-refractivity contribution in [1.82, 2.24) is 20.0 Å². The summed E-state index contributed by atoms with van der Waals surface area (Å²) in [4.78, 5) is 0. The number of hydrogen-bond donors (Lipinski definition) is 0.